The number of benzene rings is 3. The Bertz CT molecular complexity index is 1210. The van der Waals surface area contributed by atoms with Gasteiger partial charge in [0.25, 0.3) is 5.91 Å². The summed E-state index contributed by atoms with van der Waals surface area (Å²) in [7, 11) is 3.29. The standard InChI is InChI=1S/C27H27FN4O3/c1-31(17-26(33)29-22-10-6-9-21(28)15-22)18-27(34)32-25(20-11-13-23(35-2)14-12-20)16-24(30-32)19-7-4-3-5-8-19/h3-15,25H,16-18H2,1-2H3,(H,29,33)/t25-/m1/s1. The number of methoxy groups -OCH3 is 1. The highest BCUT2D eigenvalue weighted by molar-refractivity contribution is 6.03. The lowest BCUT2D eigenvalue weighted by atomic mass is 9.98. The fraction of sp³-hybridized carbons (Fsp3) is 0.222. The summed E-state index contributed by atoms with van der Waals surface area (Å²) in [4.78, 5) is 27.3. The summed E-state index contributed by atoms with van der Waals surface area (Å²) < 4.78 is 18.6. The molecule has 1 N–H and O–H groups in total. The first kappa shape index (κ1) is 24.1. The molecule has 0 radical (unpaired) electrons. The van der Waals surface area contributed by atoms with E-state index >= 15 is 0 Å². The molecule has 0 aliphatic carbocycles. The average Bonchev–Trinajstić information content (AvgIpc) is 3.30. The van der Waals surface area contributed by atoms with Crippen LogP contribution < -0.4 is 10.1 Å². The number of hydrogen-bond donors (Lipinski definition) is 1. The zero-order chi connectivity index (χ0) is 24.8. The molecule has 0 aromatic heterocycles. The van der Waals surface area contributed by atoms with Gasteiger partial charge in [-0.25, -0.2) is 9.40 Å². The highest BCUT2D eigenvalue weighted by Crippen LogP contribution is 2.33. The maximum atomic E-state index is 13.4. The predicted molar refractivity (Wildman–Crippen MR) is 133 cm³/mol. The van der Waals surface area contributed by atoms with Crippen molar-refractivity contribution in [1.82, 2.24) is 9.91 Å². The van der Waals surface area contributed by atoms with Crippen LogP contribution in [0.1, 0.15) is 23.6 Å². The smallest absolute Gasteiger partial charge is 0.257 e. The second-order valence-electron chi connectivity index (χ2n) is 8.37. The number of nitrogens with zero attached hydrogens (tertiary/aromatic N) is 3. The number of nitrogens with one attached hydrogen (secondary N) is 1. The molecule has 0 saturated carbocycles. The molecule has 3 aromatic rings. The van der Waals surface area contributed by atoms with Gasteiger partial charge in [-0.05, 0) is 48.5 Å². The van der Waals surface area contributed by atoms with Crippen LogP contribution in [0.25, 0.3) is 0 Å². The van der Waals surface area contributed by atoms with Crippen molar-refractivity contribution in [3.63, 3.8) is 0 Å². The SMILES string of the molecule is COc1ccc([C@H]2CC(c3ccccc3)=NN2C(=O)CN(C)CC(=O)Nc2cccc(F)c2)cc1. The van der Waals surface area contributed by atoms with E-state index in [1.807, 2.05) is 54.6 Å². The number of halogens is 1. The molecule has 1 aliphatic heterocycles. The number of carbonyl (C=O) groups excluding carboxylic acids is 2. The minimum absolute atomic E-state index is 0.00516. The molecule has 0 saturated heterocycles. The van der Waals surface area contributed by atoms with Crippen molar-refractivity contribution in [1.29, 1.82) is 0 Å². The van der Waals surface area contributed by atoms with Crippen molar-refractivity contribution in [2.75, 3.05) is 32.6 Å². The molecule has 0 spiro atoms. The van der Waals surface area contributed by atoms with Gasteiger partial charge in [-0.2, -0.15) is 5.10 Å². The number of hydrazone groups is 1. The zero-order valence-electron chi connectivity index (χ0n) is 19.6. The summed E-state index contributed by atoms with van der Waals surface area (Å²) in [5.41, 5.74) is 3.10. The van der Waals surface area contributed by atoms with Crippen molar-refractivity contribution in [2.24, 2.45) is 5.10 Å². The van der Waals surface area contributed by atoms with E-state index in [0.29, 0.717) is 12.1 Å². The van der Waals surface area contributed by atoms with E-state index in [1.54, 1.807) is 25.1 Å². The molecule has 180 valence electrons. The average molecular weight is 475 g/mol. The lowest BCUT2D eigenvalue weighted by Gasteiger charge is -2.24. The molecule has 2 amide bonds. The van der Waals surface area contributed by atoms with Crippen molar-refractivity contribution in [2.45, 2.75) is 12.5 Å². The van der Waals surface area contributed by atoms with Crippen LogP contribution in [-0.4, -0.2) is 54.7 Å². The summed E-state index contributed by atoms with van der Waals surface area (Å²) in [6, 6.07) is 22.8. The van der Waals surface area contributed by atoms with Crippen LogP contribution in [0, 0.1) is 5.82 Å². The number of anilines is 1. The van der Waals surface area contributed by atoms with Gasteiger partial charge in [-0.1, -0.05) is 48.5 Å². The topological polar surface area (TPSA) is 74.2 Å². The predicted octanol–water partition coefficient (Wildman–Crippen LogP) is 4.08. The van der Waals surface area contributed by atoms with E-state index in [9.17, 15) is 14.0 Å². The first-order valence-electron chi connectivity index (χ1n) is 11.3. The number of hydrogen-bond acceptors (Lipinski definition) is 5. The molecule has 3 aromatic carbocycles. The summed E-state index contributed by atoms with van der Waals surface area (Å²) in [6.45, 7) is -0.0344. The molecule has 0 fully saturated rings. The van der Waals surface area contributed by atoms with Crippen molar-refractivity contribution in [3.05, 3.63) is 95.8 Å². The van der Waals surface area contributed by atoms with E-state index in [-0.39, 0.29) is 30.9 Å². The van der Waals surface area contributed by atoms with E-state index in [1.165, 1.54) is 23.2 Å². The third-order valence-electron chi connectivity index (χ3n) is 5.70. The van der Waals surface area contributed by atoms with Gasteiger partial charge in [0.15, 0.2) is 0 Å². The molecule has 7 nitrogen and oxygen atoms in total. The molecule has 8 heteroatoms. The second-order valence-corrected chi connectivity index (χ2v) is 8.37. The summed E-state index contributed by atoms with van der Waals surface area (Å²) in [6.07, 6.45) is 0.575. The number of ether oxygens (including phenoxy) is 1. The molecule has 4 rings (SSSR count). The summed E-state index contributed by atoms with van der Waals surface area (Å²) in [5.74, 6) is -0.264. The Morgan fingerprint density at radius 1 is 1.06 bits per heavy atom. The minimum Gasteiger partial charge on any atom is -0.497 e. The Morgan fingerprint density at radius 3 is 2.49 bits per heavy atom. The first-order chi connectivity index (χ1) is 16.9. The first-order valence-corrected chi connectivity index (χ1v) is 11.3. The summed E-state index contributed by atoms with van der Waals surface area (Å²) in [5, 5.41) is 8.82. The second kappa shape index (κ2) is 10.9. The van der Waals surface area contributed by atoms with Crippen molar-refractivity contribution in [3.8, 4) is 5.75 Å². The van der Waals surface area contributed by atoms with Crippen LogP contribution >= 0.6 is 0 Å². The highest BCUT2D eigenvalue weighted by Gasteiger charge is 2.33. The van der Waals surface area contributed by atoms with Gasteiger partial charge in [-0.3, -0.25) is 14.5 Å². The van der Waals surface area contributed by atoms with Crippen molar-refractivity contribution < 1.29 is 18.7 Å². The maximum Gasteiger partial charge on any atom is 0.257 e. The highest BCUT2D eigenvalue weighted by atomic mass is 19.1. The summed E-state index contributed by atoms with van der Waals surface area (Å²) >= 11 is 0. The Kier molecular flexibility index (Phi) is 7.52. The van der Waals surface area contributed by atoms with Gasteiger partial charge >= 0.3 is 0 Å². The van der Waals surface area contributed by atoms with Crippen LogP contribution in [0.4, 0.5) is 10.1 Å². The van der Waals surface area contributed by atoms with Gasteiger partial charge in [0.05, 0.1) is 32.0 Å². The number of amides is 2. The molecular formula is C27H27FN4O3. The molecule has 0 unspecified atom stereocenters. The number of carbonyl (C=O) groups is 2. The van der Waals surface area contributed by atoms with Crippen LogP contribution in [0.3, 0.4) is 0 Å². The fourth-order valence-electron chi connectivity index (χ4n) is 4.00. The van der Waals surface area contributed by atoms with Gasteiger partial charge in [0.2, 0.25) is 5.91 Å². The lowest BCUT2D eigenvalue weighted by Crippen LogP contribution is -2.39. The number of likely N-dealkylation sites (N-methyl/N-ethyl adjacent to an activating group) is 1. The molecular weight excluding hydrogens is 447 g/mol. The van der Waals surface area contributed by atoms with Crippen LogP contribution in [0.5, 0.6) is 5.75 Å². The largest absolute Gasteiger partial charge is 0.497 e. The fourth-order valence-corrected chi connectivity index (χ4v) is 4.00. The molecule has 35 heavy (non-hydrogen) atoms. The monoisotopic (exact) mass is 474 g/mol. The molecule has 1 aliphatic rings. The Morgan fingerprint density at radius 2 is 1.80 bits per heavy atom. The zero-order valence-corrected chi connectivity index (χ0v) is 19.6. The van der Waals surface area contributed by atoms with Crippen LogP contribution in [0.2, 0.25) is 0 Å². The van der Waals surface area contributed by atoms with Crippen LogP contribution in [0.15, 0.2) is 84.0 Å². The molecule has 1 atom stereocenters. The third kappa shape index (κ3) is 6.10. The maximum absolute atomic E-state index is 13.4. The lowest BCUT2D eigenvalue weighted by molar-refractivity contribution is -0.134. The van der Waals surface area contributed by atoms with E-state index in [2.05, 4.69) is 10.4 Å². The normalized spacial score (nSPS) is 15.1. The van der Waals surface area contributed by atoms with Crippen LogP contribution in [-0.2, 0) is 9.59 Å². The number of rotatable bonds is 8. The van der Waals surface area contributed by atoms with E-state index < -0.39 is 5.82 Å². The van der Waals surface area contributed by atoms with Gasteiger partial charge in [0.1, 0.15) is 11.6 Å². The Balaban J connectivity index is 1.46. The minimum atomic E-state index is -0.433. The third-order valence-corrected chi connectivity index (χ3v) is 5.70. The van der Waals surface area contributed by atoms with Gasteiger partial charge in [-0.15, -0.1) is 0 Å². The van der Waals surface area contributed by atoms with Gasteiger partial charge < -0.3 is 10.1 Å². The molecule has 1 heterocycles. The molecule has 0 bridgehead atoms. The van der Waals surface area contributed by atoms with Gasteiger partial charge in [0, 0.05) is 12.1 Å². The Labute approximate surface area is 203 Å². The Hall–Kier alpha value is -4.04. The van der Waals surface area contributed by atoms with E-state index in [0.717, 1.165) is 22.6 Å². The van der Waals surface area contributed by atoms with Crippen molar-refractivity contribution >= 4 is 23.2 Å². The van der Waals surface area contributed by atoms with E-state index in [4.69, 9.17) is 4.74 Å². The quantitative estimate of drug-likeness (QED) is 0.534.